The number of hydrogen-bond donors (Lipinski definition) is 2. The van der Waals surface area contributed by atoms with E-state index < -0.39 is 0 Å². The van der Waals surface area contributed by atoms with Crippen LogP contribution in [-0.2, 0) is 0 Å². The lowest BCUT2D eigenvalue weighted by molar-refractivity contribution is 0.318. The van der Waals surface area contributed by atoms with Gasteiger partial charge in [0.25, 0.3) is 0 Å². The van der Waals surface area contributed by atoms with Crippen molar-refractivity contribution in [2.45, 2.75) is 35.5 Å². The van der Waals surface area contributed by atoms with Crippen molar-refractivity contribution in [1.29, 1.82) is 0 Å². The molecule has 1 aromatic rings. The highest BCUT2D eigenvalue weighted by molar-refractivity contribution is 8.00. The minimum Gasteiger partial charge on any atom is -0.409 e. The Morgan fingerprint density at radius 1 is 1.37 bits per heavy atom. The number of amidine groups is 1. The Morgan fingerprint density at radius 3 is 2.68 bits per heavy atom. The molecule has 0 aliphatic heterocycles. The van der Waals surface area contributed by atoms with Crippen LogP contribution in [0.3, 0.4) is 0 Å². The summed E-state index contributed by atoms with van der Waals surface area (Å²) in [5.41, 5.74) is 6.70. The second-order valence-corrected chi connectivity index (χ2v) is 6.69. The predicted molar refractivity (Wildman–Crippen MR) is 83.4 cm³/mol. The molecule has 1 aliphatic carbocycles. The van der Waals surface area contributed by atoms with E-state index in [1.807, 2.05) is 30.2 Å². The van der Waals surface area contributed by atoms with Crippen LogP contribution < -0.4 is 5.73 Å². The molecule has 2 rings (SSSR count). The van der Waals surface area contributed by atoms with Gasteiger partial charge in [-0.25, -0.2) is 0 Å². The molecule has 1 fully saturated rings. The zero-order valence-corrected chi connectivity index (χ0v) is 12.8. The van der Waals surface area contributed by atoms with E-state index in [4.69, 9.17) is 10.9 Å². The Bertz CT molecular complexity index is 457. The first kappa shape index (κ1) is 14.6. The van der Waals surface area contributed by atoms with Crippen LogP contribution in [0.25, 0.3) is 0 Å². The fourth-order valence-corrected chi connectivity index (χ4v) is 4.47. The molecular formula is C14H20N2OS2. The molecule has 5 heteroatoms. The highest BCUT2D eigenvalue weighted by atomic mass is 32.2. The molecule has 0 atom stereocenters. The van der Waals surface area contributed by atoms with Crippen LogP contribution in [0.1, 0.15) is 31.2 Å². The van der Waals surface area contributed by atoms with Crippen molar-refractivity contribution in [3.05, 3.63) is 23.8 Å². The van der Waals surface area contributed by atoms with Gasteiger partial charge in [-0.2, -0.15) is 0 Å². The smallest absolute Gasteiger partial charge is 0.172 e. The van der Waals surface area contributed by atoms with Gasteiger partial charge in [-0.3, -0.25) is 0 Å². The summed E-state index contributed by atoms with van der Waals surface area (Å²) in [6.45, 7) is 0. The third kappa shape index (κ3) is 3.60. The maximum atomic E-state index is 8.96. The first-order valence-electron chi connectivity index (χ1n) is 6.54. The molecule has 1 aromatic carbocycles. The zero-order valence-electron chi connectivity index (χ0n) is 11.1. The third-order valence-electron chi connectivity index (χ3n) is 3.52. The van der Waals surface area contributed by atoms with Gasteiger partial charge in [0.1, 0.15) is 0 Å². The summed E-state index contributed by atoms with van der Waals surface area (Å²) in [5.74, 6) is 2.16. The fourth-order valence-electron chi connectivity index (χ4n) is 2.49. The minimum absolute atomic E-state index is 0.207. The highest BCUT2D eigenvalue weighted by Gasteiger charge is 2.18. The molecule has 3 nitrogen and oxygen atoms in total. The highest BCUT2D eigenvalue weighted by Crippen LogP contribution is 2.35. The average Bonchev–Trinajstić information content (AvgIpc) is 2.97. The van der Waals surface area contributed by atoms with Crippen molar-refractivity contribution in [3.63, 3.8) is 0 Å². The third-order valence-corrected chi connectivity index (χ3v) is 5.59. The Kier molecular flexibility index (Phi) is 5.45. The molecule has 104 valence electrons. The molecule has 0 bridgehead atoms. The molecule has 3 N–H and O–H groups in total. The standard InChI is InChI=1S/C14H20N2OS2/c1-18-11-7-4-8-12(13(11)14(15)16-17)19-9-10-5-2-3-6-10/h4,7-8,10,17H,2-3,5-6,9H2,1H3,(H2,15,16). The van der Waals surface area contributed by atoms with Gasteiger partial charge in [0.2, 0.25) is 0 Å². The molecule has 0 heterocycles. The molecule has 0 unspecified atom stereocenters. The Hall–Kier alpha value is -0.810. The number of nitrogens with zero attached hydrogens (tertiary/aromatic N) is 1. The largest absolute Gasteiger partial charge is 0.409 e. The Morgan fingerprint density at radius 2 is 2.05 bits per heavy atom. The number of oxime groups is 1. The van der Waals surface area contributed by atoms with Crippen molar-refractivity contribution in [3.8, 4) is 0 Å². The lowest BCUT2D eigenvalue weighted by Gasteiger charge is -2.14. The first-order valence-corrected chi connectivity index (χ1v) is 8.75. The Balaban J connectivity index is 2.18. The predicted octanol–water partition coefficient (Wildman–Crippen LogP) is 3.79. The van der Waals surface area contributed by atoms with Crippen molar-refractivity contribution in [2.75, 3.05) is 12.0 Å². The second-order valence-electron chi connectivity index (χ2n) is 4.78. The summed E-state index contributed by atoms with van der Waals surface area (Å²) in [6.07, 6.45) is 7.42. The van der Waals surface area contributed by atoms with E-state index in [0.717, 1.165) is 27.0 Å². The van der Waals surface area contributed by atoms with Crippen LogP contribution in [0.15, 0.2) is 33.1 Å². The first-order chi connectivity index (χ1) is 9.26. The van der Waals surface area contributed by atoms with Crippen LogP contribution in [-0.4, -0.2) is 23.1 Å². The zero-order chi connectivity index (χ0) is 13.7. The van der Waals surface area contributed by atoms with Gasteiger partial charge >= 0.3 is 0 Å². The van der Waals surface area contributed by atoms with Gasteiger partial charge in [0.05, 0.1) is 0 Å². The maximum Gasteiger partial charge on any atom is 0.172 e. The summed E-state index contributed by atoms with van der Waals surface area (Å²) in [5, 5.41) is 12.1. The van der Waals surface area contributed by atoms with E-state index in [-0.39, 0.29) is 5.84 Å². The van der Waals surface area contributed by atoms with E-state index in [0.29, 0.717) is 0 Å². The monoisotopic (exact) mass is 296 g/mol. The summed E-state index contributed by atoms with van der Waals surface area (Å²) in [6, 6.07) is 6.11. The van der Waals surface area contributed by atoms with Gasteiger partial charge in [-0.15, -0.1) is 23.5 Å². The minimum atomic E-state index is 0.207. The molecule has 0 amide bonds. The quantitative estimate of drug-likeness (QED) is 0.285. The van der Waals surface area contributed by atoms with Crippen LogP contribution in [0.4, 0.5) is 0 Å². The van der Waals surface area contributed by atoms with Gasteiger partial charge in [0.15, 0.2) is 5.84 Å². The summed E-state index contributed by atoms with van der Waals surface area (Å²) in [7, 11) is 0. The average molecular weight is 296 g/mol. The molecule has 0 spiro atoms. The number of rotatable bonds is 5. The van der Waals surface area contributed by atoms with Gasteiger partial charge < -0.3 is 10.9 Å². The molecule has 0 aromatic heterocycles. The summed E-state index contributed by atoms with van der Waals surface area (Å²) in [4.78, 5) is 2.18. The molecular weight excluding hydrogens is 276 g/mol. The van der Waals surface area contributed by atoms with E-state index >= 15 is 0 Å². The van der Waals surface area contributed by atoms with Crippen molar-refractivity contribution >= 4 is 29.4 Å². The lowest BCUT2D eigenvalue weighted by atomic mass is 10.1. The van der Waals surface area contributed by atoms with E-state index in [1.165, 1.54) is 25.7 Å². The van der Waals surface area contributed by atoms with E-state index in [2.05, 4.69) is 11.2 Å². The summed E-state index contributed by atoms with van der Waals surface area (Å²) < 4.78 is 0. The molecule has 0 radical (unpaired) electrons. The second kappa shape index (κ2) is 7.10. The number of nitrogens with two attached hydrogens (primary N) is 1. The van der Waals surface area contributed by atoms with Gasteiger partial charge in [-0.1, -0.05) is 24.1 Å². The molecule has 1 aliphatic rings. The van der Waals surface area contributed by atoms with Crippen molar-refractivity contribution < 1.29 is 5.21 Å². The SMILES string of the molecule is CSc1cccc(SCC2CCCC2)c1/C(N)=N/O. The van der Waals surface area contributed by atoms with Crippen LogP contribution >= 0.6 is 23.5 Å². The fraction of sp³-hybridized carbons (Fsp3) is 0.500. The summed E-state index contributed by atoms with van der Waals surface area (Å²) >= 11 is 3.46. The number of hydrogen-bond acceptors (Lipinski definition) is 4. The van der Waals surface area contributed by atoms with E-state index in [9.17, 15) is 0 Å². The van der Waals surface area contributed by atoms with Crippen molar-refractivity contribution in [1.82, 2.24) is 0 Å². The Labute approximate surface area is 123 Å². The lowest BCUT2D eigenvalue weighted by Crippen LogP contribution is -2.15. The van der Waals surface area contributed by atoms with Crippen LogP contribution in [0.2, 0.25) is 0 Å². The number of benzene rings is 1. The molecule has 19 heavy (non-hydrogen) atoms. The molecule has 0 saturated heterocycles. The molecule has 1 saturated carbocycles. The topological polar surface area (TPSA) is 58.6 Å². The van der Waals surface area contributed by atoms with E-state index in [1.54, 1.807) is 11.8 Å². The van der Waals surface area contributed by atoms with Gasteiger partial charge in [0, 0.05) is 21.1 Å². The van der Waals surface area contributed by atoms with Crippen LogP contribution in [0, 0.1) is 5.92 Å². The van der Waals surface area contributed by atoms with Crippen molar-refractivity contribution in [2.24, 2.45) is 16.8 Å². The van der Waals surface area contributed by atoms with Crippen LogP contribution in [0.5, 0.6) is 0 Å². The number of thioether (sulfide) groups is 2. The van der Waals surface area contributed by atoms with Gasteiger partial charge in [-0.05, 0) is 37.1 Å². The normalized spacial score (nSPS) is 17.0. The maximum absolute atomic E-state index is 8.96.